The van der Waals surface area contributed by atoms with E-state index in [4.69, 9.17) is 14.2 Å². The monoisotopic (exact) mass is 466 g/mol. The zero-order chi connectivity index (χ0) is 24.1. The van der Waals surface area contributed by atoms with Crippen molar-refractivity contribution in [3.8, 4) is 17.3 Å². The van der Waals surface area contributed by atoms with Gasteiger partial charge in [0.25, 0.3) is 5.91 Å². The van der Waals surface area contributed by atoms with E-state index in [1.165, 1.54) is 24.4 Å². The Morgan fingerprint density at radius 1 is 1.18 bits per heavy atom. The molecule has 0 spiro atoms. The van der Waals surface area contributed by atoms with Crippen LogP contribution in [0.4, 0.5) is 0 Å². The lowest BCUT2D eigenvalue weighted by atomic mass is 9.99. The molecule has 1 aliphatic heterocycles. The molecule has 3 heterocycles. The van der Waals surface area contributed by atoms with Gasteiger partial charge >= 0.3 is 5.97 Å². The normalized spacial score (nSPS) is 17.8. The molecule has 3 aromatic rings. The summed E-state index contributed by atoms with van der Waals surface area (Å²) in [4.78, 5) is 33.3. The molecule has 0 saturated carbocycles. The summed E-state index contributed by atoms with van der Waals surface area (Å²) >= 11 is 0. The molecule has 2 aromatic heterocycles. The average Bonchev–Trinajstić information content (AvgIpc) is 3.40. The molecule has 1 fully saturated rings. The van der Waals surface area contributed by atoms with E-state index in [9.17, 15) is 9.59 Å². The van der Waals surface area contributed by atoms with Crippen LogP contribution in [0.2, 0.25) is 0 Å². The van der Waals surface area contributed by atoms with Crippen LogP contribution in [0.25, 0.3) is 5.69 Å². The number of pyridine rings is 1. The van der Waals surface area contributed by atoms with Crippen LogP contribution in [0, 0.1) is 0 Å². The summed E-state index contributed by atoms with van der Waals surface area (Å²) in [5.41, 5.74) is 1.13. The molecule has 0 N–H and O–H groups in total. The molecule has 178 valence electrons. The number of amides is 1. The molecule has 1 amide bonds. The van der Waals surface area contributed by atoms with Gasteiger partial charge in [-0.3, -0.25) is 4.79 Å². The van der Waals surface area contributed by atoms with E-state index < -0.39 is 5.97 Å². The number of piperidine rings is 1. The summed E-state index contributed by atoms with van der Waals surface area (Å²) in [5.74, 6) is -0.307. The van der Waals surface area contributed by atoms with Gasteiger partial charge in [0.2, 0.25) is 5.88 Å². The number of para-hydroxylation sites is 1. The third kappa shape index (κ3) is 4.68. The summed E-state index contributed by atoms with van der Waals surface area (Å²) in [7, 11) is 1.29. The van der Waals surface area contributed by atoms with Crippen molar-refractivity contribution in [1.29, 1.82) is 0 Å². The minimum Gasteiger partial charge on any atom is -0.493 e. The van der Waals surface area contributed by atoms with Gasteiger partial charge in [0, 0.05) is 12.2 Å². The van der Waals surface area contributed by atoms with Crippen LogP contribution in [-0.4, -0.2) is 74.4 Å². The first kappa shape index (κ1) is 23.1. The number of hydrogen-bond donors (Lipinski definition) is 0. The van der Waals surface area contributed by atoms with Crippen molar-refractivity contribution in [2.75, 3.05) is 20.3 Å². The highest BCUT2D eigenvalue weighted by Crippen LogP contribution is 2.30. The number of ether oxygens (including phenoxy) is 3. The molecule has 2 atom stereocenters. The molecule has 1 aliphatic rings. The molecule has 4 rings (SSSR count). The second kappa shape index (κ2) is 10.3. The summed E-state index contributed by atoms with van der Waals surface area (Å²) in [5, 5.41) is 11.7. The Hall–Kier alpha value is -4.02. The lowest BCUT2D eigenvalue weighted by Crippen LogP contribution is -2.49. The summed E-state index contributed by atoms with van der Waals surface area (Å²) < 4.78 is 16.6. The van der Waals surface area contributed by atoms with Crippen molar-refractivity contribution in [2.45, 2.75) is 38.8 Å². The van der Waals surface area contributed by atoms with Crippen molar-refractivity contribution < 1.29 is 23.8 Å². The van der Waals surface area contributed by atoms with E-state index in [-0.39, 0.29) is 29.5 Å². The predicted octanol–water partition coefficient (Wildman–Crippen LogP) is 2.31. The van der Waals surface area contributed by atoms with Crippen molar-refractivity contribution in [2.24, 2.45) is 0 Å². The predicted molar refractivity (Wildman–Crippen MR) is 120 cm³/mol. The van der Waals surface area contributed by atoms with Gasteiger partial charge < -0.3 is 19.1 Å². The zero-order valence-corrected chi connectivity index (χ0v) is 19.2. The van der Waals surface area contributed by atoms with E-state index >= 15 is 0 Å². The maximum atomic E-state index is 13.6. The molecule has 0 unspecified atom stereocenters. The van der Waals surface area contributed by atoms with Crippen LogP contribution < -0.4 is 9.47 Å². The number of carbonyl (C=O) groups is 2. The highest BCUT2D eigenvalue weighted by molar-refractivity contribution is 5.98. The van der Waals surface area contributed by atoms with E-state index in [0.717, 1.165) is 6.42 Å². The number of esters is 1. The van der Waals surface area contributed by atoms with Gasteiger partial charge in [-0.15, -0.1) is 15.0 Å². The number of methoxy groups -OCH3 is 1. The van der Waals surface area contributed by atoms with Gasteiger partial charge in [0.05, 0.1) is 25.8 Å². The first-order chi connectivity index (χ1) is 16.5. The second-order valence-corrected chi connectivity index (χ2v) is 7.78. The Labute approximate surface area is 196 Å². The standard InChI is InChI=1S/C23H26N6O5/c1-4-33-19-11-12-24-21(20(19)23(31)32-3)34-16-10-9-15(2)28(13-16)22(30)17-7-5-6-8-18(17)29-26-14-25-27-29/h5-8,11-12,14-16H,4,9-10,13H2,1-3H3/t15-,16-/m1/s1. The van der Waals surface area contributed by atoms with Gasteiger partial charge in [0.1, 0.15) is 17.5 Å². The van der Waals surface area contributed by atoms with Crippen LogP contribution in [-0.2, 0) is 4.74 Å². The highest BCUT2D eigenvalue weighted by Gasteiger charge is 2.33. The van der Waals surface area contributed by atoms with Gasteiger partial charge in [-0.2, -0.15) is 0 Å². The van der Waals surface area contributed by atoms with E-state index in [2.05, 4.69) is 20.4 Å². The highest BCUT2D eigenvalue weighted by atomic mass is 16.5. The Kier molecular flexibility index (Phi) is 7.00. The average molecular weight is 466 g/mol. The Morgan fingerprint density at radius 3 is 2.74 bits per heavy atom. The fourth-order valence-corrected chi connectivity index (χ4v) is 3.95. The number of tetrazole rings is 1. The fraction of sp³-hybridized carbons (Fsp3) is 0.391. The number of nitrogens with zero attached hydrogens (tertiary/aromatic N) is 6. The molecular formula is C23H26N6O5. The number of rotatable bonds is 7. The molecule has 0 radical (unpaired) electrons. The molecule has 1 saturated heterocycles. The molecule has 0 bridgehead atoms. The summed E-state index contributed by atoms with van der Waals surface area (Å²) in [6, 6.07) is 8.70. The third-order valence-corrected chi connectivity index (χ3v) is 5.64. The van der Waals surface area contributed by atoms with Crippen LogP contribution in [0.5, 0.6) is 11.6 Å². The van der Waals surface area contributed by atoms with Gasteiger partial charge in [-0.05, 0) is 50.1 Å². The first-order valence-electron chi connectivity index (χ1n) is 11.0. The fourth-order valence-electron chi connectivity index (χ4n) is 3.95. The Balaban J connectivity index is 1.58. The van der Waals surface area contributed by atoms with Crippen molar-refractivity contribution in [1.82, 2.24) is 30.1 Å². The first-order valence-corrected chi connectivity index (χ1v) is 11.0. The maximum absolute atomic E-state index is 13.6. The Bertz CT molecular complexity index is 1150. The van der Waals surface area contributed by atoms with Crippen LogP contribution >= 0.6 is 0 Å². The lowest BCUT2D eigenvalue weighted by Gasteiger charge is -2.38. The summed E-state index contributed by atoms with van der Waals surface area (Å²) in [6.45, 7) is 4.51. The minimum absolute atomic E-state index is 0.00749. The van der Waals surface area contributed by atoms with E-state index in [1.54, 1.807) is 29.2 Å². The minimum atomic E-state index is -0.599. The van der Waals surface area contributed by atoms with Crippen LogP contribution in [0.3, 0.4) is 0 Å². The quantitative estimate of drug-likeness (QED) is 0.483. The number of hydrogen-bond acceptors (Lipinski definition) is 9. The molecular weight excluding hydrogens is 440 g/mol. The molecule has 11 nitrogen and oxygen atoms in total. The smallest absolute Gasteiger partial charge is 0.347 e. The van der Waals surface area contributed by atoms with Crippen molar-refractivity contribution in [3.05, 3.63) is 54.0 Å². The number of aromatic nitrogens is 5. The number of carbonyl (C=O) groups excluding carboxylic acids is 2. The molecule has 0 aliphatic carbocycles. The van der Waals surface area contributed by atoms with Gasteiger partial charge in [0.15, 0.2) is 11.9 Å². The molecule has 1 aromatic carbocycles. The van der Waals surface area contributed by atoms with E-state index in [1.807, 2.05) is 19.9 Å². The van der Waals surface area contributed by atoms with Gasteiger partial charge in [-0.1, -0.05) is 12.1 Å². The van der Waals surface area contributed by atoms with Gasteiger partial charge in [-0.25, -0.2) is 9.78 Å². The lowest BCUT2D eigenvalue weighted by molar-refractivity contribution is 0.0357. The van der Waals surface area contributed by atoms with Crippen molar-refractivity contribution >= 4 is 11.9 Å². The SMILES string of the molecule is CCOc1ccnc(O[C@@H]2CC[C@@H](C)N(C(=O)c3ccccc3-n3ncnn3)C2)c1C(=O)OC. The van der Waals surface area contributed by atoms with Crippen molar-refractivity contribution in [3.63, 3.8) is 0 Å². The largest absolute Gasteiger partial charge is 0.493 e. The summed E-state index contributed by atoms with van der Waals surface area (Å²) in [6.07, 6.45) is 3.88. The van der Waals surface area contributed by atoms with E-state index in [0.29, 0.717) is 36.6 Å². The number of likely N-dealkylation sites (tertiary alicyclic amines) is 1. The third-order valence-electron chi connectivity index (χ3n) is 5.64. The molecule has 11 heteroatoms. The zero-order valence-electron chi connectivity index (χ0n) is 19.2. The number of benzene rings is 1. The second-order valence-electron chi connectivity index (χ2n) is 7.78. The topological polar surface area (TPSA) is 122 Å². The Morgan fingerprint density at radius 2 is 2.00 bits per heavy atom. The van der Waals surface area contributed by atoms with Crippen LogP contribution in [0.15, 0.2) is 42.9 Å². The maximum Gasteiger partial charge on any atom is 0.347 e. The molecule has 34 heavy (non-hydrogen) atoms. The van der Waals surface area contributed by atoms with Crippen LogP contribution in [0.1, 0.15) is 47.4 Å².